The highest BCUT2D eigenvalue weighted by Gasteiger charge is 2.29. The average molecular weight is 340 g/mol. The monoisotopic (exact) mass is 340 g/mol. The van der Waals surface area contributed by atoms with Crippen molar-refractivity contribution in [1.29, 1.82) is 0 Å². The van der Waals surface area contributed by atoms with E-state index in [4.69, 9.17) is 14.2 Å². The zero-order valence-electron chi connectivity index (χ0n) is 13.9. The van der Waals surface area contributed by atoms with Crippen LogP contribution < -0.4 is 9.47 Å². The van der Waals surface area contributed by atoms with E-state index in [1.807, 2.05) is 35.2 Å². The summed E-state index contributed by atoms with van der Waals surface area (Å²) in [6.45, 7) is 2.34. The lowest BCUT2D eigenvalue weighted by Crippen LogP contribution is -2.35. The molecule has 4 rings (SSSR count). The summed E-state index contributed by atoms with van der Waals surface area (Å²) in [4.78, 5) is 19.0. The van der Waals surface area contributed by atoms with E-state index in [1.54, 1.807) is 12.4 Å². The number of fused-ring (bicyclic) bond motifs is 1. The van der Waals surface area contributed by atoms with Crippen LogP contribution in [0.2, 0.25) is 0 Å². The molecule has 0 bridgehead atoms. The van der Waals surface area contributed by atoms with Gasteiger partial charge in [-0.3, -0.25) is 9.78 Å². The maximum atomic E-state index is 13.0. The molecule has 2 aromatic rings. The Morgan fingerprint density at radius 2 is 2.16 bits per heavy atom. The van der Waals surface area contributed by atoms with Gasteiger partial charge < -0.3 is 19.1 Å². The summed E-state index contributed by atoms with van der Waals surface area (Å²) in [5.74, 6) is 1.49. The van der Waals surface area contributed by atoms with Gasteiger partial charge in [-0.25, -0.2) is 0 Å². The standard InChI is InChI=1S/C19H20N2O4/c22-19(16-6-8-23-12-16)21(10-14-3-2-7-20-9-14)11-15-4-1-5-17-18(15)25-13-24-17/h1-5,7,9,16H,6,8,10-13H2/t16-/m1/s1. The van der Waals surface area contributed by atoms with Crippen molar-refractivity contribution in [3.63, 3.8) is 0 Å². The van der Waals surface area contributed by atoms with E-state index < -0.39 is 0 Å². The van der Waals surface area contributed by atoms with Gasteiger partial charge in [0.05, 0.1) is 12.5 Å². The number of pyridine rings is 1. The molecule has 1 aromatic heterocycles. The normalized spacial score (nSPS) is 18.3. The Balaban J connectivity index is 1.58. The number of hydrogen-bond acceptors (Lipinski definition) is 5. The number of ether oxygens (including phenoxy) is 3. The van der Waals surface area contributed by atoms with Crippen molar-refractivity contribution in [2.75, 3.05) is 20.0 Å². The predicted octanol–water partition coefficient (Wildman–Crippen LogP) is 2.38. The van der Waals surface area contributed by atoms with Gasteiger partial charge in [-0.1, -0.05) is 18.2 Å². The highest BCUT2D eigenvalue weighted by molar-refractivity contribution is 5.79. The molecule has 1 atom stereocenters. The van der Waals surface area contributed by atoms with E-state index in [9.17, 15) is 4.79 Å². The van der Waals surface area contributed by atoms with Gasteiger partial charge in [0.15, 0.2) is 11.5 Å². The molecule has 0 aliphatic carbocycles. The summed E-state index contributed by atoms with van der Waals surface area (Å²) in [7, 11) is 0. The van der Waals surface area contributed by atoms with Crippen LogP contribution in [0.3, 0.4) is 0 Å². The Morgan fingerprint density at radius 3 is 2.96 bits per heavy atom. The van der Waals surface area contributed by atoms with Crippen molar-refractivity contribution in [3.05, 3.63) is 53.9 Å². The molecule has 0 spiro atoms. The summed E-state index contributed by atoms with van der Waals surface area (Å²) in [5, 5.41) is 0. The van der Waals surface area contributed by atoms with E-state index in [-0.39, 0.29) is 18.6 Å². The molecule has 0 unspecified atom stereocenters. The summed E-state index contributed by atoms with van der Waals surface area (Å²) < 4.78 is 16.4. The fourth-order valence-corrected chi connectivity index (χ4v) is 3.23. The average Bonchev–Trinajstić information content (AvgIpc) is 3.33. The summed E-state index contributed by atoms with van der Waals surface area (Å²) >= 11 is 0. The number of aromatic nitrogens is 1. The van der Waals surface area contributed by atoms with Gasteiger partial charge in [0.25, 0.3) is 0 Å². The van der Waals surface area contributed by atoms with Crippen molar-refractivity contribution in [3.8, 4) is 11.5 Å². The van der Waals surface area contributed by atoms with Gasteiger partial charge in [0, 0.05) is 37.7 Å². The van der Waals surface area contributed by atoms with Crippen LogP contribution in [0.25, 0.3) is 0 Å². The van der Waals surface area contributed by atoms with E-state index in [2.05, 4.69) is 4.98 Å². The smallest absolute Gasteiger partial charge is 0.231 e. The van der Waals surface area contributed by atoms with Crippen molar-refractivity contribution in [1.82, 2.24) is 9.88 Å². The van der Waals surface area contributed by atoms with Gasteiger partial charge in [-0.2, -0.15) is 0 Å². The van der Waals surface area contributed by atoms with Crippen molar-refractivity contribution < 1.29 is 19.0 Å². The van der Waals surface area contributed by atoms with Gasteiger partial charge in [-0.15, -0.1) is 0 Å². The highest BCUT2D eigenvalue weighted by Crippen LogP contribution is 2.36. The number of rotatable bonds is 5. The van der Waals surface area contributed by atoms with E-state index in [0.29, 0.717) is 26.3 Å². The maximum Gasteiger partial charge on any atom is 0.231 e. The third-order valence-corrected chi connectivity index (χ3v) is 4.53. The van der Waals surface area contributed by atoms with Crippen LogP contribution in [0, 0.1) is 5.92 Å². The molecule has 25 heavy (non-hydrogen) atoms. The summed E-state index contributed by atoms with van der Waals surface area (Å²) in [6, 6.07) is 9.64. The zero-order valence-corrected chi connectivity index (χ0v) is 13.9. The van der Waals surface area contributed by atoms with Crippen LogP contribution in [0.4, 0.5) is 0 Å². The Hall–Kier alpha value is -2.60. The minimum atomic E-state index is -0.0781. The number of carbonyl (C=O) groups is 1. The first-order valence-electron chi connectivity index (χ1n) is 8.44. The van der Waals surface area contributed by atoms with Crippen LogP contribution in [0.15, 0.2) is 42.7 Å². The first-order chi connectivity index (χ1) is 12.3. The third-order valence-electron chi connectivity index (χ3n) is 4.53. The largest absolute Gasteiger partial charge is 0.454 e. The van der Waals surface area contributed by atoms with E-state index in [0.717, 1.165) is 29.0 Å². The minimum absolute atomic E-state index is 0.0781. The molecule has 1 fully saturated rings. The lowest BCUT2D eigenvalue weighted by Gasteiger charge is -2.26. The van der Waals surface area contributed by atoms with Crippen molar-refractivity contribution in [2.45, 2.75) is 19.5 Å². The molecule has 6 heteroatoms. The van der Waals surface area contributed by atoms with Crippen LogP contribution in [-0.2, 0) is 22.6 Å². The van der Waals surface area contributed by atoms with Gasteiger partial charge in [0.1, 0.15) is 0 Å². The number of nitrogens with zero attached hydrogens (tertiary/aromatic N) is 2. The molecule has 2 aliphatic rings. The number of carbonyl (C=O) groups excluding carboxylic acids is 1. The molecule has 2 aliphatic heterocycles. The maximum absolute atomic E-state index is 13.0. The molecule has 1 amide bonds. The lowest BCUT2D eigenvalue weighted by atomic mass is 10.1. The molecule has 1 saturated heterocycles. The van der Waals surface area contributed by atoms with Gasteiger partial charge >= 0.3 is 0 Å². The fraction of sp³-hybridized carbons (Fsp3) is 0.368. The first-order valence-corrected chi connectivity index (χ1v) is 8.44. The zero-order chi connectivity index (χ0) is 17.1. The predicted molar refractivity (Wildman–Crippen MR) is 90.0 cm³/mol. The Kier molecular flexibility index (Phi) is 4.52. The molecular weight excluding hydrogens is 320 g/mol. The van der Waals surface area contributed by atoms with E-state index in [1.165, 1.54) is 0 Å². The minimum Gasteiger partial charge on any atom is -0.454 e. The molecule has 0 saturated carbocycles. The second kappa shape index (κ2) is 7.11. The second-order valence-corrected chi connectivity index (χ2v) is 6.27. The molecule has 1 aromatic carbocycles. The SMILES string of the molecule is O=C([C@@H]1CCOC1)N(Cc1cccnc1)Cc1cccc2c1OCO2. The van der Waals surface area contributed by atoms with Crippen LogP contribution in [0.1, 0.15) is 17.5 Å². The summed E-state index contributed by atoms with van der Waals surface area (Å²) in [5.41, 5.74) is 1.95. The Morgan fingerprint density at radius 1 is 1.20 bits per heavy atom. The highest BCUT2D eigenvalue weighted by atomic mass is 16.7. The molecule has 6 nitrogen and oxygen atoms in total. The quantitative estimate of drug-likeness (QED) is 0.836. The number of para-hydroxylation sites is 1. The number of amides is 1. The van der Waals surface area contributed by atoms with Crippen LogP contribution in [-0.4, -0.2) is 35.8 Å². The number of benzene rings is 1. The summed E-state index contributed by atoms with van der Waals surface area (Å²) in [6.07, 6.45) is 4.30. The Bertz CT molecular complexity index is 744. The Labute approximate surface area is 146 Å². The third kappa shape index (κ3) is 3.44. The van der Waals surface area contributed by atoms with E-state index >= 15 is 0 Å². The number of hydrogen-bond donors (Lipinski definition) is 0. The van der Waals surface area contributed by atoms with Crippen LogP contribution in [0.5, 0.6) is 11.5 Å². The van der Waals surface area contributed by atoms with Gasteiger partial charge in [0.2, 0.25) is 12.7 Å². The molecular formula is C19H20N2O4. The molecule has 130 valence electrons. The molecule has 0 N–H and O–H groups in total. The lowest BCUT2D eigenvalue weighted by molar-refractivity contribution is -0.136. The fourth-order valence-electron chi connectivity index (χ4n) is 3.23. The first kappa shape index (κ1) is 15.9. The van der Waals surface area contributed by atoms with Crippen LogP contribution >= 0.6 is 0 Å². The second-order valence-electron chi connectivity index (χ2n) is 6.27. The molecule has 3 heterocycles. The topological polar surface area (TPSA) is 60.9 Å². The van der Waals surface area contributed by atoms with Crippen molar-refractivity contribution in [2.24, 2.45) is 5.92 Å². The molecule has 0 radical (unpaired) electrons. The van der Waals surface area contributed by atoms with Gasteiger partial charge in [-0.05, 0) is 24.1 Å². The van der Waals surface area contributed by atoms with Crippen molar-refractivity contribution >= 4 is 5.91 Å².